The smallest absolute Gasteiger partial charge is 0.200 e. The van der Waals surface area contributed by atoms with Gasteiger partial charge in [-0.3, -0.25) is 4.79 Å². The average molecular weight is 366 g/mol. The van der Waals surface area contributed by atoms with E-state index in [4.69, 9.17) is 9.47 Å². The molecule has 0 radical (unpaired) electrons. The number of carbonyl (C=O) groups is 1. The molecule has 2 aliphatic rings. The second-order valence-electron chi connectivity index (χ2n) is 6.43. The number of hydrogen-bond donors (Lipinski definition) is 2. The third-order valence-corrected chi connectivity index (χ3v) is 4.98. The van der Waals surface area contributed by atoms with Gasteiger partial charge >= 0.3 is 0 Å². The lowest BCUT2D eigenvalue weighted by Crippen LogP contribution is -2.31. The first-order valence-electron chi connectivity index (χ1n) is 8.54. The molecule has 1 atom stereocenters. The molecular formula is C19H18N4O4. The molecule has 0 saturated carbocycles. The Kier molecular flexibility index (Phi) is 4.00. The summed E-state index contributed by atoms with van der Waals surface area (Å²) in [6.45, 7) is 0. The first-order chi connectivity index (χ1) is 13.1. The van der Waals surface area contributed by atoms with Crippen LogP contribution in [0, 0.1) is 11.3 Å². The number of aromatic nitrogens is 2. The zero-order valence-electron chi connectivity index (χ0n) is 14.9. The quantitative estimate of drug-likeness (QED) is 0.859. The Bertz CT molecular complexity index is 990. The Morgan fingerprint density at radius 1 is 1.30 bits per heavy atom. The number of nitriles is 1. The number of phenolic OH excluding ortho intramolecular Hbond substituents is 1. The SMILES string of the molecule is COc1cc(C2C3=C(CCCC3=O)Nc3c(C#N)cnn32)cc(OC)c1O. The summed E-state index contributed by atoms with van der Waals surface area (Å²) in [6, 6.07) is 4.92. The Hall–Kier alpha value is -3.47. The van der Waals surface area contributed by atoms with Gasteiger partial charge in [0.05, 0.1) is 20.4 Å². The molecular weight excluding hydrogens is 348 g/mol. The molecule has 2 heterocycles. The topological polar surface area (TPSA) is 109 Å². The highest BCUT2D eigenvalue weighted by molar-refractivity contribution is 5.99. The van der Waals surface area contributed by atoms with Crippen LogP contribution in [0.5, 0.6) is 17.2 Å². The van der Waals surface area contributed by atoms with Crippen molar-refractivity contribution in [3.8, 4) is 23.3 Å². The molecule has 0 amide bonds. The lowest BCUT2D eigenvalue weighted by molar-refractivity contribution is -0.116. The molecule has 0 spiro atoms. The Morgan fingerprint density at radius 3 is 2.63 bits per heavy atom. The van der Waals surface area contributed by atoms with Gasteiger partial charge in [0.25, 0.3) is 0 Å². The van der Waals surface area contributed by atoms with Gasteiger partial charge in [-0.05, 0) is 30.5 Å². The van der Waals surface area contributed by atoms with Crippen molar-refractivity contribution in [2.24, 2.45) is 0 Å². The monoisotopic (exact) mass is 366 g/mol. The molecule has 1 aliphatic heterocycles. The van der Waals surface area contributed by atoms with Gasteiger partial charge in [0.2, 0.25) is 5.75 Å². The molecule has 138 valence electrons. The summed E-state index contributed by atoms with van der Waals surface area (Å²) in [7, 11) is 2.90. The van der Waals surface area contributed by atoms with E-state index in [9.17, 15) is 15.2 Å². The number of allylic oxidation sites excluding steroid dienone is 2. The Balaban J connectivity index is 1.97. The van der Waals surface area contributed by atoms with E-state index in [0.717, 1.165) is 18.5 Å². The van der Waals surface area contributed by atoms with Gasteiger partial charge in [0.1, 0.15) is 23.5 Å². The molecule has 0 fully saturated rings. The number of aromatic hydroxyl groups is 1. The maximum Gasteiger partial charge on any atom is 0.200 e. The van der Waals surface area contributed by atoms with Gasteiger partial charge < -0.3 is 19.9 Å². The minimum atomic E-state index is -0.533. The van der Waals surface area contributed by atoms with Crippen molar-refractivity contribution < 1.29 is 19.4 Å². The number of benzene rings is 1. The number of nitrogens with one attached hydrogen (secondary N) is 1. The van der Waals surface area contributed by atoms with Crippen LogP contribution in [-0.4, -0.2) is 34.9 Å². The fraction of sp³-hybridized carbons (Fsp3) is 0.316. The molecule has 27 heavy (non-hydrogen) atoms. The number of methoxy groups -OCH3 is 2. The minimum absolute atomic E-state index is 0.0411. The standard InChI is InChI=1S/C19H18N4O4/c1-26-14-6-10(7-15(27-2)18(14)25)17-16-12(4-3-5-13(16)24)22-19-11(8-20)9-21-23(17)19/h6-7,9,17,22,25H,3-5H2,1-2H3. The molecule has 1 unspecified atom stereocenters. The number of hydrogen-bond acceptors (Lipinski definition) is 7. The van der Waals surface area contributed by atoms with Gasteiger partial charge in [0, 0.05) is 17.7 Å². The summed E-state index contributed by atoms with van der Waals surface area (Å²) in [5.74, 6) is 0.964. The molecule has 2 aromatic rings. The van der Waals surface area contributed by atoms with Crippen LogP contribution in [0.15, 0.2) is 29.6 Å². The minimum Gasteiger partial charge on any atom is -0.502 e. The number of anilines is 1. The van der Waals surface area contributed by atoms with E-state index >= 15 is 0 Å². The van der Waals surface area contributed by atoms with Crippen molar-refractivity contribution in [3.05, 3.63) is 40.7 Å². The summed E-state index contributed by atoms with van der Waals surface area (Å²) in [4.78, 5) is 12.8. The van der Waals surface area contributed by atoms with Crippen LogP contribution in [0.1, 0.15) is 36.4 Å². The van der Waals surface area contributed by atoms with Crippen LogP contribution in [0.2, 0.25) is 0 Å². The molecule has 8 nitrogen and oxygen atoms in total. The molecule has 2 N–H and O–H groups in total. The van der Waals surface area contributed by atoms with Gasteiger partial charge in [-0.25, -0.2) is 4.68 Å². The Labute approximate surface area is 155 Å². The molecule has 1 aromatic carbocycles. The number of fused-ring (bicyclic) bond motifs is 1. The molecule has 0 bridgehead atoms. The molecule has 4 rings (SSSR count). The van der Waals surface area contributed by atoms with Crippen molar-refractivity contribution in [2.75, 3.05) is 19.5 Å². The van der Waals surface area contributed by atoms with E-state index in [0.29, 0.717) is 28.9 Å². The van der Waals surface area contributed by atoms with E-state index in [1.165, 1.54) is 20.4 Å². The predicted molar refractivity (Wildman–Crippen MR) is 95.8 cm³/mol. The number of ketones is 1. The average Bonchev–Trinajstić information content (AvgIpc) is 3.09. The number of carbonyl (C=O) groups excluding carboxylic acids is 1. The largest absolute Gasteiger partial charge is 0.502 e. The van der Waals surface area contributed by atoms with Crippen molar-refractivity contribution in [1.82, 2.24) is 9.78 Å². The maximum atomic E-state index is 12.8. The molecule has 8 heteroatoms. The zero-order valence-corrected chi connectivity index (χ0v) is 14.9. The van der Waals surface area contributed by atoms with Crippen LogP contribution in [-0.2, 0) is 4.79 Å². The second-order valence-corrected chi connectivity index (χ2v) is 6.43. The highest BCUT2D eigenvalue weighted by atomic mass is 16.5. The van der Waals surface area contributed by atoms with Gasteiger partial charge in [-0.2, -0.15) is 10.4 Å². The van der Waals surface area contributed by atoms with Crippen LogP contribution in [0.25, 0.3) is 0 Å². The van der Waals surface area contributed by atoms with Crippen molar-refractivity contribution in [3.63, 3.8) is 0 Å². The van der Waals surface area contributed by atoms with E-state index in [1.54, 1.807) is 16.8 Å². The van der Waals surface area contributed by atoms with Gasteiger partial charge in [-0.1, -0.05) is 0 Å². The van der Waals surface area contributed by atoms with Crippen LogP contribution in [0.3, 0.4) is 0 Å². The third kappa shape index (κ3) is 2.51. The second kappa shape index (κ2) is 6.36. The molecule has 1 aromatic heterocycles. The van der Waals surface area contributed by atoms with Crippen LogP contribution < -0.4 is 14.8 Å². The van der Waals surface area contributed by atoms with Crippen molar-refractivity contribution >= 4 is 11.6 Å². The number of rotatable bonds is 3. The summed E-state index contributed by atoms with van der Waals surface area (Å²) in [5, 5.41) is 27.2. The summed E-state index contributed by atoms with van der Waals surface area (Å²) >= 11 is 0. The zero-order chi connectivity index (χ0) is 19.1. The van der Waals surface area contributed by atoms with E-state index < -0.39 is 6.04 Å². The van der Waals surface area contributed by atoms with E-state index in [2.05, 4.69) is 16.5 Å². The number of phenols is 1. The van der Waals surface area contributed by atoms with Crippen LogP contribution >= 0.6 is 0 Å². The number of ether oxygens (including phenoxy) is 2. The summed E-state index contributed by atoms with van der Waals surface area (Å²) in [5.41, 5.74) is 2.52. The first kappa shape index (κ1) is 17.0. The Morgan fingerprint density at radius 2 is 2.00 bits per heavy atom. The fourth-order valence-electron chi connectivity index (χ4n) is 3.72. The van der Waals surface area contributed by atoms with Crippen molar-refractivity contribution in [2.45, 2.75) is 25.3 Å². The number of Topliss-reactive ketones (excluding diaryl/α,β-unsaturated/α-hetero) is 1. The fourth-order valence-corrected chi connectivity index (χ4v) is 3.72. The molecule has 0 saturated heterocycles. The highest BCUT2D eigenvalue weighted by Crippen LogP contribution is 2.45. The summed E-state index contributed by atoms with van der Waals surface area (Å²) in [6.07, 6.45) is 3.42. The van der Waals surface area contributed by atoms with Crippen molar-refractivity contribution in [1.29, 1.82) is 5.26 Å². The summed E-state index contributed by atoms with van der Waals surface area (Å²) < 4.78 is 12.2. The molecule has 1 aliphatic carbocycles. The lowest BCUT2D eigenvalue weighted by atomic mass is 9.85. The first-order valence-corrected chi connectivity index (χ1v) is 8.54. The van der Waals surface area contributed by atoms with Gasteiger partial charge in [-0.15, -0.1) is 0 Å². The van der Waals surface area contributed by atoms with E-state index in [-0.39, 0.29) is 23.0 Å². The number of nitrogens with zero attached hydrogens (tertiary/aromatic N) is 3. The maximum absolute atomic E-state index is 12.8. The van der Waals surface area contributed by atoms with Gasteiger partial charge in [0.15, 0.2) is 17.3 Å². The van der Waals surface area contributed by atoms with Crippen LogP contribution in [0.4, 0.5) is 5.82 Å². The third-order valence-electron chi connectivity index (χ3n) is 4.98. The normalized spacial score (nSPS) is 18.3. The van der Waals surface area contributed by atoms with E-state index in [1.807, 2.05) is 0 Å². The predicted octanol–water partition coefficient (Wildman–Crippen LogP) is 2.50. The highest BCUT2D eigenvalue weighted by Gasteiger charge is 2.37. The lowest BCUT2D eigenvalue weighted by Gasteiger charge is -2.33.